The van der Waals surface area contributed by atoms with Crippen LogP contribution in [0.2, 0.25) is 0 Å². The molecule has 0 atom stereocenters. The first kappa shape index (κ1) is 26.2. The molecule has 0 aliphatic carbocycles. The lowest BCUT2D eigenvalue weighted by Crippen LogP contribution is -2.26. The molecule has 4 aromatic rings. The predicted molar refractivity (Wildman–Crippen MR) is 149 cm³/mol. The van der Waals surface area contributed by atoms with Crippen LogP contribution in [-0.2, 0) is 11.3 Å². The summed E-state index contributed by atoms with van der Waals surface area (Å²) in [5.41, 5.74) is 2.55. The number of amides is 2. The van der Waals surface area contributed by atoms with Crippen LogP contribution in [0.25, 0.3) is 10.9 Å². The number of anilines is 1. The van der Waals surface area contributed by atoms with Crippen LogP contribution in [0.3, 0.4) is 0 Å². The monoisotopic (exact) mass is 514 g/mol. The largest absolute Gasteiger partial charge is 0.352 e. The molecule has 4 rings (SSSR count). The zero-order valence-corrected chi connectivity index (χ0v) is 21.8. The van der Waals surface area contributed by atoms with E-state index in [0.29, 0.717) is 39.8 Å². The van der Waals surface area contributed by atoms with Crippen LogP contribution in [0.4, 0.5) is 5.69 Å². The maximum Gasteiger partial charge on any atom is 0.262 e. The van der Waals surface area contributed by atoms with Crippen LogP contribution in [-0.4, -0.2) is 33.7 Å². The molecule has 7 nitrogen and oxygen atoms in total. The summed E-state index contributed by atoms with van der Waals surface area (Å²) in [5.74, 6) is 0.332. The lowest BCUT2D eigenvalue weighted by molar-refractivity contribution is -0.113. The fourth-order valence-corrected chi connectivity index (χ4v) is 4.57. The number of hydrogen-bond acceptors (Lipinski definition) is 5. The van der Waals surface area contributed by atoms with Crippen LogP contribution in [0.15, 0.2) is 88.8 Å². The topological polar surface area (TPSA) is 93.1 Å². The highest BCUT2D eigenvalue weighted by molar-refractivity contribution is 7.99. The van der Waals surface area contributed by atoms with E-state index < -0.39 is 0 Å². The minimum absolute atomic E-state index is 0.106. The van der Waals surface area contributed by atoms with E-state index in [9.17, 15) is 14.4 Å². The van der Waals surface area contributed by atoms with Gasteiger partial charge in [-0.25, -0.2) is 4.98 Å². The molecular formula is C29H30N4O3S. The maximum atomic E-state index is 13.4. The Morgan fingerprint density at radius 1 is 0.946 bits per heavy atom. The Balaban J connectivity index is 1.52. The molecule has 8 heteroatoms. The molecule has 0 saturated carbocycles. The van der Waals surface area contributed by atoms with E-state index in [1.165, 1.54) is 11.8 Å². The third kappa shape index (κ3) is 7.07. The van der Waals surface area contributed by atoms with Crippen molar-refractivity contribution in [3.05, 3.63) is 100 Å². The van der Waals surface area contributed by atoms with Gasteiger partial charge in [0.1, 0.15) is 0 Å². The van der Waals surface area contributed by atoms with Crippen LogP contribution in [0, 0.1) is 5.92 Å². The van der Waals surface area contributed by atoms with E-state index in [1.807, 2.05) is 54.6 Å². The summed E-state index contributed by atoms with van der Waals surface area (Å²) in [6, 6.07) is 23.6. The van der Waals surface area contributed by atoms with Crippen LogP contribution in [0.5, 0.6) is 0 Å². The molecule has 3 aromatic carbocycles. The van der Waals surface area contributed by atoms with Gasteiger partial charge in [-0.15, -0.1) is 0 Å². The Labute approximate surface area is 220 Å². The number of rotatable bonds is 10. The number of aromatic nitrogens is 2. The predicted octanol–water partition coefficient (Wildman–Crippen LogP) is 4.95. The summed E-state index contributed by atoms with van der Waals surface area (Å²) in [6.45, 7) is 5.14. The molecular weight excluding hydrogens is 484 g/mol. The number of benzene rings is 3. The van der Waals surface area contributed by atoms with Crippen molar-refractivity contribution in [3.63, 3.8) is 0 Å². The van der Waals surface area contributed by atoms with Crippen molar-refractivity contribution in [1.29, 1.82) is 0 Å². The minimum atomic E-state index is -0.182. The van der Waals surface area contributed by atoms with Crippen molar-refractivity contribution >= 4 is 40.2 Å². The average molecular weight is 515 g/mol. The summed E-state index contributed by atoms with van der Waals surface area (Å²) in [5, 5.41) is 6.77. The fourth-order valence-electron chi connectivity index (χ4n) is 3.77. The molecule has 0 radical (unpaired) electrons. The van der Waals surface area contributed by atoms with E-state index >= 15 is 0 Å². The average Bonchev–Trinajstić information content (AvgIpc) is 2.90. The van der Waals surface area contributed by atoms with Gasteiger partial charge in [-0.2, -0.15) is 0 Å². The first-order valence-corrected chi connectivity index (χ1v) is 13.2. The molecule has 37 heavy (non-hydrogen) atoms. The van der Waals surface area contributed by atoms with E-state index in [4.69, 9.17) is 0 Å². The van der Waals surface area contributed by atoms with Gasteiger partial charge < -0.3 is 10.6 Å². The Morgan fingerprint density at radius 3 is 2.38 bits per heavy atom. The van der Waals surface area contributed by atoms with Crippen molar-refractivity contribution < 1.29 is 9.59 Å². The van der Waals surface area contributed by atoms with E-state index in [2.05, 4.69) is 29.5 Å². The Hall–Kier alpha value is -3.91. The molecule has 0 saturated heterocycles. The number of fused-ring (bicyclic) bond motifs is 1. The van der Waals surface area contributed by atoms with Gasteiger partial charge in [-0.1, -0.05) is 68.1 Å². The van der Waals surface area contributed by atoms with Gasteiger partial charge in [-0.05, 0) is 54.3 Å². The molecule has 1 aromatic heterocycles. The second-order valence-corrected chi connectivity index (χ2v) is 10.1. The third-order valence-electron chi connectivity index (χ3n) is 5.78. The van der Waals surface area contributed by atoms with Gasteiger partial charge in [-0.3, -0.25) is 19.0 Å². The molecule has 0 aliphatic rings. The van der Waals surface area contributed by atoms with Gasteiger partial charge in [0.05, 0.1) is 23.2 Å². The molecule has 0 spiro atoms. The summed E-state index contributed by atoms with van der Waals surface area (Å²) in [7, 11) is 0. The Bertz CT molecular complexity index is 1430. The maximum absolute atomic E-state index is 13.4. The molecule has 2 amide bonds. The highest BCUT2D eigenvalue weighted by atomic mass is 32.2. The first-order chi connectivity index (χ1) is 17.9. The van der Waals surface area contributed by atoms with Crippen LogP contribution < -0.4 is 16.2 Å². The highest BCUT2D eigenvalue weighted by Crippen LogP contribution is 2.20. The van der Waals surface area contributed by atoms with Gasteiger partial charge in [0.2, 0.25) is 5.91 Å². The van der Waals surface area contributed by atoms with Crippen LogP contribution in [0.1, 0.15) is 36.2 Å². The van der Waals surface area contributed by atoms with Gasteiger partial charge >= 0.3 is 0 Å². The fraction of sp³-hybridized carbons (Fsp3) is 0.241. The summed E-state index contributed by atoms with van der Waals surface area (Å²) in [6.07, 6.45) is 0.922. The molecule has 0 bridgehead atoms. The number of para-hydroxylation sites is 2. The van der Waals surface area contributed by atoms with Gasteiger partial charge in [0.25, 0.3) is 11.5 Å². The summed E-state index contributed by atoms with van der Waals surface area (Å²) >= 11 is 1.22. The lowest BCUT2D eigenvalue weighted by Gasteiger charge is -2.14. The molecule has 0 aliphatic heterocycles. The zero-order valence-electron chi connectivity index (χ0n) is 20.9. The highest BCUT2D eigenvalue weighted by Gasteiger charge is 2.14. The lowest BCUT2D eigenvalue weighted by atomic mass is 10.1. The minimum Gasteiger partial charge on any atom is -0.352 e. The molecule has 190 valence electrons. The Morgan fingerprint density at radius 2 is 1.65 bits per heavy atom. The third-order valence-corrected chi connectivity index (χ3v) is 6.76. The zero-order chi connectivity index (χ0) is 26.2. The number of carbonyl (C=O) groups excluding carboxylic acids is 2. The normalized spacial score (nSPS) is 11.0. The first-order valence-electron chi connectivity index (χ1n) is 12.2. The summed E-state index contributed by atoms with van der Waals surface area (Å²) in [4.78, 5) is 43.0. The molecule has 0 fully saturated rings. The van der Waals surface area contributed by atoms with E-state index in [0.717, 1.165) is 12.0 Å². The number of carbonyl (C=O) groups is 2. The second-order valence-electron chi connectivity index (χ2n) is 9.14. The second kappa shape index (κ2) is 12.4. The van der Waals surface area contributed by atoms with Gasteiger partial charge in [0.15, 0.2) is 5.16 Å². The molecule has 0 unspecified atom stereocenters. The van der Waals surface area contributed by atoms with Crippen molar-refractivity contribution in [1.82, 2.24) is 14.9 Å². The number of hydrogen-bond donors (Lipinski definition) is 2. The molecule has 1 heterocycles. The Kier molecular flexibility index (Phi) is 8.74. The standard InChI is InChI=1S/C29H30N4O3S/c1-20(2)16-17-30-27(35)22-14-12-21(13-15-22)18-33-28(36)24-10-6-7-11-25(24)32-29(33)37-19-26(34)31-23-8-4-3-5-9-23/h3-15,20H,16-19H2,1-2H3,(H,30,35)(H,31,34). The van der Waals surface area contributed by atoms with E-state index in [1.54, 1.807) is 28.8 Å². The van der Waals surface area contributed by atoms with Crippen molar-refractivity contribution in [2.75, 3.05) is 17.6 Å². The summed E-state index contributed by atoms with van der Waals surface area (Å²) < 4.78 is 1.58. The number of nitrogens with zero attached hydrogens (tertiary/aromatic N) is 2. The SMILES string of the molecule is CC(C)CCNC(=O)c1ccc(Cn2c(SCC(=O)Nc3ccccc3)nc3ccccc3c2=O)cc1. The van der Waals surface area contributed by atoms with Crippen molar-refractivity contribution in [3.8, 4) is 0 Å². The van der Waals surface area contributed by atoms with Crippen LogP contribution >= 0.6 is 11.8 Å². The van der Waals surface area contributed by atoms with E-state index in [-0.39, 0.29) is 29.7 Å². The quantitative estimate of drug-likeness (QED) is 0.231. The molecule has 2 N–H and O–H groups in total. The van der Waals surface area contributed by atoms with Gasteiger partial charge in [0, 0.05) is 17.8 Å². The van der Waals surface area contributed by atoms with Crippen molar-refractivity contribution in [2.45, 2.75) is 32.0 Å². The smallest absolute Gasteiger partial charge is 0.262 e. The number of nitrogens with one attached hydrogen (secondary N) is 2. The number of thioether (sulfide) groups is 1. The van der Waals surface area contributed by atoms with Crippen molar-refractivity contribution in [2.24, 2.45) is 5.92 Å².